The second-order valence-corrected chi connectivity index (χ2v) is 1.67. The molecule has 1 aliphatic heterocycles. The van der Waals surface area contributed by atoms with Crippen molar-refractivity contribution in [2.75, 3.05) is 6.67 Å². The van der Waals surface area contributed by atoms with E-state index in [1.807, 2.05) is 6.92 Å². The van der Waals surface area contributed by atoms with Crippen molar-refractivity contribution in [3.63, 3.8) is 0 Å². The lowest BCUT2D eigenvalue weighted by molar-refractivity contribution is 0.382. The quantitative estimate of drug-likeness (QED) is 0.462. The van der Waals surface area contributed by atoms with Crippen molar-refractivity contribution >= 4 is 0 Å². The highest BCUT2D eigenvalue weighted by molar-refractivity contribution is 4.94. The molecular formula is C4H8N4. The van der Waals surface area contributed by atoms with E-state index in [9.17, 15) is 0 Å². The molecule has 0 fully saturated rings. The van der Waals surface area contributed by atoms with Crippen LogP contribution in [0.2, 0.25) is 0 Å². The van der Waals surface area contributed by atoms with Gasteiger partial charge in [-0.2, -0.15) is 10.2 Å². The zero-order valence-electron chi connectivity index (χ0n) is 4.70. The first kappa shape index (κ1) is 5.24. The van der Waals surface area contributed by atoms with Gasteiger partial charge in [0.25, 0.3) is 0 Å². The van der Waals surface area contributed by atoms with Gasteiger partial charge in [0, 0.05) is 6.20 Å². The van der Waals surface area contributed by atoms with E-state index in [2.05, 4.69) is 10.2 Å². The maximum absolute atomic E-state index is 5.33. The highest BCUT2D eigenvalue weighted by Crippen LogP contribution is 2.01. The van der Waals surface area contributed by atoms with E-state index in [4.69, 9.17) is 5.84 Å². The zero-order valence-corrected chi connectivity index (χ0v) is 4.70. The average Bonchev–Trinajstić information content (AvgIpc) is 1.64. The maximum atomic E-state index is 5.33. The summed E-state index contributed by atoms with van der Waals surface area (Å²) in [5.74, 6) is 5.33. The second kappa shape index (κ2) is 1.92. The van der Waals surface area contributed by atoms with Crippen LogP contribution in [0.25, 0.3) is 0 Å². The van der Waals surface area contributed by atoms with Crippen molar-refractivity contribution in [1.82, 2.24) is 5.01 Å². The number of hydrogen-bond acceptors (Lipinski definition) is 4. The van der Waals surface area contributed by atoms with Gasteiger partial charge in [-0.1, -0.05) is 0 Å². The molecule has 0 aromatic carbocycles. The van der Waals surface area contributed by atoms with Crippen LogP contribution in [0.3, 0.4) is 0 Å². The summed E-state index contributed by atoms with van der Waals surface area (Å²) in [5, 5.41) is 8.93. The van der Waals surface area contributed by atoms with E-state index in [-0.39, 0.29) is 0 Å². The number of hydrogen-bond donors (Lipinski definition) is 1. The highest BCUT2D eigenvalue weighted by atomic mass is 15.5. The molecule has 0 aromatic heterocycles. The van der Waals surface area contributed by atoms with Gasteiger partial charge in [-0.3, -0.25) is 5.01 Å². The molecule has 0 spiro atoms. The maximum Gasteiger partial charge on any atom is 0.145 e. The molecule has 44 valence electrons. The molecule has 0 saturated heterocycles. The van der Waals surface area contributed by atoms with Gasteiger partial charge in [0.1, 0.15) is 6.67 Å². The van der Waals surface area contributed by atoms with Gasteiger partial charge in [0.05, 0.1) is 5.70 Å². The third-order valence-corrected chi connectivity index (χ3v) is 0.808. The van der Waals surface area contributed by atoms with Gasteiger partial charge in [-0.15, -0.1) is 0 Å². The number of azo groups is 1. The van der Waals surface area contributed by atoms with E-state index in [0.717, 1.165) is 5.70 Å². The molecule has 2 N–H and O–H groups in total. The first-order chi connectivity index (χ1) is 3.79. The molecule has 0 radical (unpaired) electrons. The Kier molecular flexibility index (Phi) is 1.26. The molecule has 1 rings (SSSR count). The summed E-state index contributed by atoms with van der Waals surface area (Å²) < 4.78 is 0. The minimum Gasteiger partial charge on any atom is -0.293 e. The van der Waals surface area contributed by atoms with E-state index in [0.29, 0.717) is 6.67 Å². The van der Waals surface area contributed by atoms with E-state index < -0.39 is 0 Å². The Morgan fingerprint density at radius 2 is 2.62 bits per heavy atom. The monoisotopic (exact) mass is 112 g/mol. The summed E-state index contributed by atoms with van der Waals surface area (Å²) in [7, 11) is 0. The Morgan fingerprint density at radius 1 is 1.88 bits per heavy atom. The van der Waals surface area contributed by atoms with Crippen molar-refractivity contribution in [1.29, 1.82) is 0 Å². The Bertz CT molecular complexity index is 137. The Hall–Kier alpha value is -0.900. The lowest BCUT2D eigenvalue weighted by atomic mass is 10.5. The molecule has 0 amide bonds. The van der Waals surface area contributed by atoms with Gasteiger partial charge < -0.3 is 0 Å². The molecule has 0 unspecified atom stereocenters. The number of nitrogens with zero attached hydrogens (tertiary/aromatic N) is 3. The van der Waals surface area contributed by atoms with Crippen LogP contribution in [0.1, 0.15) is 6.92 Å². The third-order valence-electron chi connectivity index (χ3n) is 0.808. The zero-order chi connectivity index (χ0) is 5.98. The van der Waals surface area contributed by atoms with Crippen molar-refractivity contribution in [2.24, 2.45) is 16.1 Å². The Morgan fingerprint density at radius 3 is 3.00 bits per heavy atom. The van der Waals surface area contributed by atoms with Gasteiger partial charge in [0.15, 0.2) is 0 Å². The summed E-state index contributed by atoms with van der Waals surface area (Å²) in [6.07, 6.45) is 1.74. The predicted octanol–water partition coefficient (Wildman–Crippen LogP) is 0.447. The van der Waals surface area contributed by atoms with E-state index in [1.165, 1.54) is 5.01 Å². The van der Waals surface area contributed by atoms with Crippen molar-refractivity contribution in [3.05, 3.63) is 11.9 Å². The standard InChI is InChI=1S/C4H8N4/c1-4-2-8(5)3-6-7-4/h2H,3,5H2,1H3. The van der Waals surface area contributed by atoms with Crippen LogP contribution < -0.4 is 5.84 Å². The van der Waals surface area contributed by atoms with Gasteiger partial charge in [-0.25, -0.2) is 5.84 Å². The largest absolute Gasteiger partial charge is 0.293 e. The van der Waals surface area contributed by atoms with Crippen LogP contribution in [0.5, 0.6) is 0 Å². The minimum absolute atomic E-state index is 0.470. The third kappa shape index (κ3) is 1.04. The van der Waals surface area contributed by atoms with E-state index in [1.54, 1.807) is 6.20 Å². The summed E-state index contributed by atoms with van der Waals surface area (Å²) in [4.78, 5) is 0. The minimum atomic E-state index is 0.470. The predicted molar refractivity (Wildman–Crippen MR) is 29.5 cm³/mol. The lowest BCUT2D eigenvalue weighted by Crippen LogP contribution is -2.26. The second-order valence-electron chi connectivity index (χ2n) is 1.67. The molecule has 1 heterocycles. The molecule has 4 heteroatoms. The molecule has 0 aliphatic carbocycles. The molecule has 0 aromatic rings. The number of rotatable bonds is 0. The van der Waals surface area contributed by atoms with Gasteiger partial charge >= 0.3 is 0 Å². The molecule has 0 atom stereocenters. The summed E-state index contributed by atoms with van der Waals surface area (Å²) in [6, 6.07) is 0. The smallest absolute Gasteiger partial charge is 0.145 e. The number of hydrazine groups is 1. The Balaban J connectivity index is 2.63. The van der Waals surface area contributed by atoms with Crippen molar-refractivity contribution in [2.45, 2.75) is 6.92 Å². The van der Waals surface area contributed by atoms with Crippen molar-refractivity contribution in [3.8, 4) is 0 Å². The SMILES string of the molecule is CC1=CN(N)CN=N1. The fourth-order valence-electron chi connectivity index (χ4n) is 0.523. The first-order valence-corrected chi connectivity index (χ1v) is 2.36. The fraction of sp³-hybridized carbons (Fsp3) is 0.500. The van der Waals surface area contributed by atoms with Crippen LogP contribution in [-0.4, -0.2) is 11.7 Å². The fourth-order valence-corrected chi connectivity index (χ4v) is 0.523. The van der Waals surface area contributed by atoms with Crippen LogP contribution in [-0.2, 0) is 0 Å². The highest BCUT2D eigenvalue weighted by Gasteiger charge is 1.95. The number of nitrogens with two attached hydrogens (primary N) is 1. The van der Waals surface area contributed by atoms with Crippen LogP contribution >= 0.6 is 0 Å². The van der Waals surface area contributed by atoms with Crippen LogP contribution in [0.15, 0.2) is 22.1 Å². The lowest BCUT2D eigenvalue weighted by Gasteiger charge is -2.12. The van der Waals surface area contributed by atoms with E-state index >= 15 is 0 Å². The average molecular weight is 112 g/mol. The van der Waals surface area contributed by atoms with Crippen molar-refractivity contribution < 1.29 is 0 Å². The number of allylic oxidation sites excluding steroid dienone is 1. The molecule has 4 nitrogen and oxygen atoms in total. The summed E-state index contributed by atoms with van der Waals surface area (Å²) in [5.41, 5.74) is 0.846. The topological polar surface area (TPSA) is 54.0 Å². The Labute approximate surface area is 47.7 Å². The summed E-state index contributed by atoms with van der Waals surface area (Å²) >= 11 is 0. The summed E-state index contributed by atoms with van der Waals surface area (Å²) in [6.45, 7) is 2.32. The van der Waals surface area contributed by atoms with Gasteiger partial charge in [-0.05, 0) is 6.92 Å². The molecular weight excluding hydrogens is 104 g/mol. The first-order valence-electron chi connectivity index (χ1n) is 2.36. The van der Waals surface area contributed by atoms with Gasteiger partial charge in [0.2, 0.25) is 0 Å². The normalized spacial score (nSPS) is 18.8. The molecule has 0 saturated carbocycles. The molecule has 8 heavy (non-hydrogen) atoms. The molecule has 1 aliphatic rings. The van der Waals surface area contributed by atoms with Crippen LogP contribution in [0, 0.1) is 0 Å². The molecule has 0 bridgehead atoms. The van der Waals surface area contributed by atoms with Crippen LogP contribution in [0.4, 0.5) is 0 Å².